The molecule has 0 radical (unpaired) electrons. The summed E-state index contributed by atoms with van der Waals surface area (Å²) >= 11 is 0. The van der Waals surface area contributed by atoms with Crippen LogP contribution >= 0.6 is 0 Å². The van der Waals surface area contributed by atoms with E-state index in [4.69, 9.17) is 19.2 Å². The molecule has 1 unspecified atom stereocenters. The Balaban J connectivity index is 1.79. The molecule has 30 heavy (non-hydrogen) atoms. The highest BCUT2D eigenvalue weighted by atomic mass is 16.5. The first-order valence-corrected chi connectivity index (χ1v) is 10.0. The van der Waals surface area contributed by atoms with Crippen molar-refractivity contribution in [2.75, 3.05) is 32.8 Å². The lowest BCUT2D eigenvalue weighted by atomic mass is 10.1. The summed E-state index contributed by atoms with van der Waals surface area (Å²) in [6.07, 6.45) is -0.513. The van der Waals surface area contributed by atoms with E-state index in [2.05, 4.69) is 18.8 Å². The Kier molecular flexibility index (Phi) is 5.40. The van der Waals surface area contributed by atoms with Crippen molar-refractivity contribution >= 4 is 22.5 Å². The maximum Gasteiger partial charge on any atom is 0.245 e. The highest BCUT2D eigenvalue weighted by Gasteiger charge is 2.32. The van der Waals surface area contributed by atoms with E-state index in [1.165, 1.54) is 5.56 Å². The fourth-order valence-corrected chi connectivity index (χ4v) is 3.72. The number of benzene rings is 2. The number of aliphatic imine (C=N–C) groups is 1. The van der Waals surface area contributed by atoms with E-state index in [0.717, 1.165) is 39.3 Å². The molecule has 158 valence electrons. The van der Waals surface area contributed by atoms with Gasteiger partial charge in [-0.15, -0.1) is 0 Å². The van der Waals surface area contributed by atoms with Gasteiger partial charge >= 0.3 is 0 Å². The molecule has 1 aromatic heterocycles. The molecule has 1 aliphatic heterocycles. The molecule has 7 nitrogen and oxygen atoms in total. The molecular formula is C23H28N4O3. The molecule has 7 heteroatoms. The summed E-state index contributed by atoms with van der Waals surface area (Å²) in [6.45, 7) is 6.67. The lowest BCUT2D eigenvalue weighted by Gasteiger charge is -2.39. The highest BCUT2D eigenvalue weighted by molar-refractivity contribution is 6.03. The molecule has 0 saturated heterocycles. The number of hydrogen-bond acceptors (Lipinski definition) is 6. The number of nitrogens with one attached hydrogen (secondary N) is 1. The summed E-state index contributed by atoms with van der Waals surface area (Å²) in [4.78, 5) is 8.18. The number of hydrogen-bond donors (Lipinski definition) is 1. The topological polar surface area (TPSA) is 62.3 Å². The van der Waals surface area contributed by atoms with Crippen molar-refractivity contribution in [1.82, 2.24) is 9.99 Å². The number of anilines is 1. The van der Waals surface area contributed by atoms with Crippen LogP contribution in [0.2, 0.25) is 0 Å². The van der Waals surface area contributed by atoms with Gasteiger partial charge in [0.05, 0.1) is 18.4 Å². The van der Waals surface area contributed by atoms with Gasteiger partial charge in [0.2, 0.25) is 12.2 Å². The molecule has 4 rings (SSSR count). The Morgan fingerprint density at radius 3 is 2.57 bits per heavy atom. The third kappa shape index (κ3) is 3.51. The number of ether oxygens (including phenoxy) is 3. The summed E-state index contributed by atoms with van der Waals surface area (Å²) in [7, 11) is 5.58. The van der Waals surface area contributed by atoms with Gasteiger partial charge in [-0.1, -0.05) is 0 Å². The Bertz CT molecular complexity index is 1100. The van der Waals surface area contributed by atoms with E-state index in [1.54, 1.807) is 7.11 Å². The average molecular weight is 409 g/mol. The Hall–Kier alpha value is -3.03. The fraction of sp³-hybridized carbons (Fsp3) is 0.348. The average Bonchev–Trinajstić information content (AvgIpc) is 3.01. The van der Waals surface area contributed by atoms with Crippen LogP contribution in [-0.4, -0.2) is 50.1 Å². The van der Waals surface area contributed by atoms with Gasteiger partial charge in [0.25, 0.3) is 0 Å². The van der Waals surface area contributed by atoms with Crippen molar-refractivity contribution in [3.8, 4) is 11.5 Å². The fourth-order valence-electron chi connectivity index (χ4n) is 3.72. The minimum atomic E-state index is -0.513. The van der Waals surface area contributed by atoms with Crippen LogP contribution in [0.25, 0.3) is 10.9 Å². The number of fused-ring (bicyclic) bond motifs is 2. The maximum atomic E-state index is 6.31. The van der Waals surface area contributed by atoms with E-state index in [1.807, 2.05) is 67.4 Å². The monoisotopic (exact) mass is 408 g/mol. The van der Waals surface area contributed by atoms with E-state index in [9.17, 15) is 0 Å². The molecule has 0 amide bonds. The summed E-state index contributed by atoms with van der Waals surface area (Å²) in [5.41, 5.74) is 5.26. The van der Waals surface area contributed by atoms with Gasteiger partial charge in [0.15, 0.2) is 0 Å². The van der Waals surface area contributed by atoms with Crippen LogP contribution in [0.5, 0.6) is 11.5 Å². The normalized spacial score (nSPS) is 16.0. The number of hydrazine groups is 1. The van der Waals surface area contributed by atoms with Crippen LogP contribution in [0.15, 0.2) is 41.4 Å². The molecule has 0 fully saturated rings. The molecule has 1 aliphatic rings. The van der Waals surface area contributed by atoms with E-state index in [-0.39, 0.29) is 0 Å². The largest absolute Gasteiger partial charge is 0.497 e. The Morgan fingerprint density at radius 1 is 1.10 bits per heavy atom. The number of aromatic amines is 1. The van der Waals surface area contributed by atoms with Crippen molar-refractivity contribution in [1.29, 1.82) is 0 Å². The third-order valence-corrected chi connectivity index (χ3v) is 5.36. The van der Waals surface area contributed by atoms with Crippen LogP contribution in [-0.2, 0) is 4.74 Å². The van der Waals surface area contributed by atoms with Crippen LogP contribution in [0.1, 0.15) is 23.7 Å². The maximum absolute atomic E-state index is 6.31. The molecule has 0 saturated carbocycles. The van der Waals surface area contributed by atoms with Crippen molar-refractivity contribution in [2.24, 2.45) is 4.99 Å². The van der Waals surface area contributed by atoms with Crippen molar-refractivity contribution in [2.45, 2.75) is 27.1 Å². The highest BCUT2D eigenvalue weighted by Crippen LogP contribution is 2.34. The van der Waals surface area contributed by atoms with Gasteiger partial charge in [-0.3, -0.25) is 5.01 Å². The third-order valence-electron chi connectivity index (χ3n) is 5.36. The van der Waals surface area contributed by atoms with Crippen LogP contribution in [0.4, 0.5) is 5.69 Å². The zero-order valence-electron chi connectivity index (χ0n) is 18.3. The smallest absolute Gasteiger partial charge is 0.245 e. The molecule has 0 spiro atoms. The molecule has 2 heterocycles. The molecule has 1 atom stereocenters. The first kappa shape index (κ1) is 20.3. The second-order valence-electron chi connectivity index (χ2n) is 7.48. The van der Waals surface area contributed by atoms with Crippen LogP contribution in [0, 0.1) is 13.8 Å². The first-order valence-electron chi connectivity index (χ1n) is 10.0. The number of methoxy groups -OCH3 is 1. The standard InChI is InChI=1S/C23H28N4O3/c1-7-29-23-25-22(19-12-16(28-6)9-11-21(19)27(23)26(4)5)30-17-8-10-20-18(13-17)14(2)15(3)24-20/h8-13,23-24H,7H2,1-6H3. The SMILES string of the molecule is CCOC1N=C(Oc2ccc3[nH]c(C)c(C)c3c2)c2cc(OC)ccc2N1N(C)C. The zero-order valence-corrected chi connectivity index (χ0v) is 18.3. The molecule has 3 aromatic rings. The number of aromatic nitrogens is 1. The predicted molar refractivity (Wildman–Crippen MR) is 120 cm³/mol. The van der Waals surface area contributed by atoms with Gasteiger partial charge in [-0.2, -0.15) is 4.99 Å². The minimum Gasteiger partial charge on any atom is -0.497 e. The van der Waals surface area contributed by atoms with Gasteiger partial charge in [-0.05, 0) is 62.7 Å². The van der Waals surface area contributed by atoms with Gasteiger partial charge < -0.3 is 19.2 Å². The van der Waals surface area contributed by atoms with Crippen molar-refractivity contribution < 1.29 is 14.2 Å². The summed E-state index contributed by atoms with van der Waals surface area (Å²) in [5, 5.41) is 5.10. The van der Waals surface area contributed by atoms with Gasteiger partial charge in [0, 0.05) is 37.3 Å². The predicted octanol–water partition coefficient (Wildman–Crippen LogP) is 4.24. The second kappa shape index (κ2) is 8.01. The van der Waals surface area contributed by atoms with Crippen molar-refractivity contribution in [3.63, 3.8) is 0 Å². The van der Waals surface area contributed by atoms with Gasteiger partial charge in [-0.25, -0.2) is 5.01 Å². The summed E-state index contributed by atoms with van der Waals surface area (Å²) in [5.74, 6) is 1.97. The molecule has 2 aromatic carbocycles. The zero-order chi connectivity index (χ0) is 21.4. The Labute approximate surface area is 176 Å². The molecular weight excluding hydrogens is 380 g/mol. The first-order chi connectivity index (χ1) is 14.4. The number of aryl methyl sites for hydroxylation is 2. The lowest BCUT2D eigenvalue weighted by molar-refractivity contribution is 0.0336. The van der Waals surface area contributed by atoms with Crippen LogP contribution in [0.3, 0.4) is 0 Å². The summed E-state index contributed by atoms with van der Waals surface area (Å²) in [6, 6.07) is 11.9. The molecule has 0 bridgehead atoms. The van der Waals surface area contributed by atoms with E-state index in [0.29, 0.717) is 12.5 Å². The molecule has 0 aliphatic carbocycles. The van der Waals surface area contributed by atoms with Crippen LogP contribution < -0.4 is 14.5 Å². The van der Waals surface area contributed by atoms with Gasteiger partial charge in [0.1, 0.15) is 11.5 Å². The Morgan fingerprint density at radius 2 is 1.87 bits per heavy atom. The number of nitrogens with zero attached hydrogens (tertiary/aromatic N) is 3. The number of H-pyrrole nitrogens is 1. The van der Waals surface area contributed by atoms with E-state index >= 15 is 0 Å². The minimum absolute atomic E-state index is 0.504. The quantitative estimate of drug-likeness (QED) is 0.684. The molecule has 1 N–H and O–H groups in total. The summed E-state index contributed by atoms with van der Waals surface area (Å²) < 4.78 is 17.7. The van der Waals surface area contributed by atoms with E-state index < -0.39 is 6.35 Å². The number of rotatable bonds is 5. The second-order valence-corrected chi connectivity index (χ2v) is 7.48. The van der Waals surface area contributed by atoms with Crippen molar-refractivity contribution in [3.05, 3.63) is 53.2 Å². The lowest BCUT2D eigenvalue weighted by Crippen LogP contribution is -2.49.